The van der Waals surface area contributed by atoms with Gasteiger partial charge in [-0.05, 0) is 30.3 Å². The molecule has 2 aromatic rings. The van der Waals surface area contributed by atoms with E-state index >= 15 is 0 Å². The van der Waals surface area contributed by atoms with Crippen molar-refractivity contribution >= 4 is 40.5 Å². The average Bonchev–Trinajstić information content (AvgIpc) is 2.42. The molecule has 0 fully saturated rings. The summed E-state index contributed by atoms with van der Waals surface area (Å²) < 4.78 is 5.07. The van der Waals surface area contributed by atoms with Gasteiger partial charge in [-0.3, -0.25) is 4.79 Å². The Morgan fingerprint density at radius 2 is 1.95 bits per heavy atom. The van der Waals surface area contributed by atoms with E-state index in [2.05, 4.69) is 5.32 Å². The van der Waals surface area contributed by atoms with Crippen molar-refractivity contribution in [2.45, 2.75) is 0 Å². The molecule has 0 spiro atoms. The molecule has 3 N–H and O–H groups in total. The van der Waals surface area contributed by atoms with Crippen molar-refractivity contribution in [3.05, 3.63) is 52.0 Å². The molecule has 104 valence electrons. The lowest BCUT2D eigenvalue weighted by Gasteiger charge is -2.09. The first kappa shape index (κ1) is 14.5. The summed E-state index contributed by atoms with van der Waals surface area (Å²) in [6.45, 7) is 0. The van der Waals surface area contributed by atoms with E-state index < -0.39 is 0 Å². The van der Waals surface area contributed by atoms with Crippen LogP contribution < -0.4 is 15.8 Å². The van der Waals surface area contributed by atoms with Crippen LogP contribution in [0.1, 0.15) is 10.4 Å². The van der Waals surface area contributed by atoms with Gasteiger partial charge in [-0.1, -0.05) is 23.2 Å². The third kappa shape index (κ3) is 3.35. The van der Waals surface area contributed by atoms with Gasteiger partial charge in [0.1, 0.15) is 5.75 Å². The first-order valence-electron chi connectivity index (χ1n) is 5.70. The van der Waals surface area contributed by atoms with E-state index in [0.29, 0.717) is 32.7 Å². The Hall–Kier alpha value is -1.91. The molecule has 2 rings (SSSR count). The Bertz CT molecular complexity index is 660. The Morgan fingerprint density at radius 1 is 1.20 bits per heavy atom. The summed E-state index contributed by atoms with van der Waals surface area (Å²) in [5.74, 6) is 0.159. The second-order valence-electron chi connectivity index (χ2n) is 4.07. The number of rotatable bonds is 3. The number of nitrogens with two attached hydrogens (primary N) is 1. The van der Waals surface area contributed by atoms with Crippen LogP contribution in [0.15, 0.2) is 36.4 Å². The molecule has 0 aliphatic rings. The number of carbonyl (C=O) groups is 1. The number of halogens is 2. The average molecular weight is 311 g/mol. The molecule has 0 saturated heterocycles. The van der Waals surface area contributed by atoms with Crippen molar-refractivity contribution in [1.82, 2.24) is 0 Å². The number of amides is 1. The van der Waals surface area contributed by atoms with Gasteiger partial charge in [0.25, 0.3) is 5.91 Å². The number of carbonyl (C=O) groups excluding carboxylic acids is 1. The van der Waals surface area contributed by atoms with Crippen LogP contribution in [-0.2, 0) is 0 Å². The van der Waals surface area contributed by atoms with Gasteiger partial charge >= 0.3 is 0 Å². The highest BCUT2D eigenvalue weighted by atomic mass is 35.5. The van der Waals surface area contributed by atoms with E-state index in [1.165, 1.54) is 7.11 Å². The Morgan fingerprint density at radius 3 is 2.65 bits per heavy atom. The molecular formula is C14H12Cl2N2O2. The first-order valence-corrected chi connectivity index (χ1v) is 6.46. The van der Waals surface area contributed by atoms with Crippen LogP contribution in [0, 0.1) is 0 Å². The van der Waals surface area contributed by atoms with Crippen LogP contribution in [0.5, 0.6) is 5.75 Å². The fourth-order valence-electron chi connectivity index (χ4n) is 1.66. The maximum Gasteiger partial charge on any atom is 0.255 e. The minimum absolute atomic E-state index is 0.347. The molecule has 0 heterocycles. The molecule has 0 bridgehead atoms. The zero-order valence-electron chi connectivity index (χ0n) is 10.6. The predicted octanol–water partition coefficient (Wildman–Crippen LogP) is 3.84. The lowest BCUT2D eigenvalue weighted by molar-refractivity contribution is 0.102. The molecule has 4 nitrogen and oxygen atoms in total. The van der Waals surface area contributed by atoms with Crippen molar-refractivity contribution in [1.29, 1.82) is 0 Å². The van der Waals surface area contributed by atoms with E-state index in [1.54, 1.807) is 36.4 Å². The molecule has 0 saturated carbocycles. The number of benzene rings is 2. The summed E-state index contributed by atoms with van der Waals surface area (Å²) in [6.07, 6.45) is 0. The number of methoxy groups -OCH3 is 1. The summed E-state index contributed by atoms with van der Waals surface area (Å²) >= 11 is 11.9. The van der Waals surface area contributed by atoms with Crippen LogP contribution in [0.2, 0.25) is 10.0 Å². The highest BCUT2D eigenvalue weighted by molar-refractivity contribution is 6.35. The van der Waals surface area contributed by atoms with E-state index in [9.17, 15) is 4.79 Å². The van der Waals surface area contributed by atoms with Gasteiger partial charge in [0.15, 0.2) is 0 Å². The zero-order valence-corrected chi connectivity index (χ0v) is 12.1. The quantitative estimate of drug-likeness (QED) is 0.847. The molecule has 0 atom stereocenters. The van der Waals surface area contributed by atoms with Crippen LogP contribution in [0.4, 0.5) is 11.4 Å². The summed E-state index contributed by atoms with van der Waals surface area (Å²) in [6, 6.07) is 9.59. The third-order valence-electron chi connectivity index (χ3n) is 2.60. The van der Waals surface area contributed by atoms with Crippen LogP contribution in [0.25, 0.3) is 0 Å². The molecule has 0 unspecified atom stereocenters. The summed E-state index contributed by atoms with van der Waals surface area (Å²) in [7, 11) is 1.50. The lowest BCUT2D eigenvalue weighted by Crippen LogP contribution is -2.12. The largest absolute Gasteiger partial charge is 0.497 e. The summed E-state index contributed by atoms with van der Waals surface area (Å²) in [4.78, 5) is 12.2. The van der Waals surface area contributed by atoms with Crippen molar-refractivity contribution < 1.29 is 9.53 Å². The minimum atomic E-state index is -0.347. The monoisotopic (exact) mass is 310 g/mol. The van der Waals surface area contributed by atoms with Gasteiger partial charge in [0, 0.05) is 22.3 Å². The second kappa shape index (κ2) is 6.03. The number of anilines is 2. The fraction of sp³-hybridized carbons (Fsp3) is 0.0714. The van der Waals surface area contributed by atoms with Crippen LogP contribution >= 0.6 is 23.2 Å². The van der Waals surface area contributed by atoms with Gasteiger partial charge in [0.05, 0.1) is 17.8 Å². The molecule has 2 aromatic carbocycles. The molecule has 0 aromatic heterocycles. The van der Waals surface area contributed by atoms with Crippen molar-refractivity contribution in [2.24, 2.45) is 0 Å². The standard InChI is InChI=1S/C14H12Cl2N2O2/c1-20-11-5-8(4-10(17)7-11)14(19)18-13-6-9(15)2-3-12(13)16/h2-7H,17H2,1H3,(H,18,19). The molecule has 20 heavy (non-hydrogen) atoms. The van der Waals surface area contributed by atoms with Crippen molar-refractivity contribution in [2.75, 3.05) is 18.2 Å². The Balaban J connectivity index is 2.28. The lowest BCUT2D eigenvalue weighted by atomic mass is 10.1. The Labute approximate surface area is 126 Å². The van der Waals surface area contributed by atoms with E-state index in [1.807, 2.05) is 0 Å². The van der Waals surface area contributed by atoms with Gasteiger partial charge < -0.3 is 15.8 Å². The minimum Gasteiger partial charge on any atom is -0.497 e. The van der Waals surface area contributed by atoms with Crippen molar-refractivity contribution in [3.63, 3.8) is 0 Å². The number of ether oxygens (including phenoxy) is 1. The smallest absolute Gasteiger partial charge is 0.255 e. The van der Waals surface area contributed by atoms with E-state index in [0.717, 1.165) is 0 Å². The number of nitrogen functional groups attached to an aromatic ring is 1. The normalized spacial score (nSPS) is 10.2. The van der Waals surface area contributed by atoms with Crippen molar-refractivity contribution in [3.8, 4) is 5.75 Å². The van der Waals surface area contributed by atoms with E-state index in [4.69, 9.17) is 33.7 Å². The molecule has 6 heteroatoms. The number of nitrogens with one attached hydrogen (secondary N) is 1. The highest BCUT2D eigenvalue weighted by Gasteiger charge is 2.11. The molecular weight excluding hydrogens is 299 g/mol. The van der Waals surface area contributed by atoms with Gasteiger partial charge in [0.2, 0.25) is 0 Å². The van der Waals surface area contributed by atoms with Crippen LogP contribution in [0.3, 0.4) is 0 Å². The number of hydrogen-bond acceptors (Lipinski definition) is 3. The molecule has 1 amide bonds. The van der Waals surface area contributed by atoms with Gasteiger partial charge in [-0.15, -0.1) is 0 Å². The predicted molar refractivity (Wildman–Crippen MR) is 81.8 cm³/mol. The second-order valence-corrected chi connectivity index (χ2v) is 4.92. The maximum atomic E-state index is 12.2. The summed E-state index contributed by atoms with van der Waals surface area (Å²) in [5, 5.41) is 3.56. The molecule has 0 aliphatic heterocycles. The highest BCUT2D eigenvalue weighted by Crippen LogP contribution is 2.26. The zero-order chi connectivity index (χ0) is 14.7. The van der Waals surface area contributed by atoms with Crippen LogP contribution in [-0.4, -0.2) is 13.0 Å². The van der Waals surface area contributed by atoms with E-state index in [-0.39, 0.29) is 5.91 Å². The number of hydrogen-bond donors (Lipinski definition) is 2. The Kier molecular flexibility index (Phi) is 4.37. The SMILES string of the molecule is COc1cc(N)cc(C(=O)Nc2cc(Cl)ccc2Cl)c1. The fourth-order valence-corrected chi connectivity index (χ4v) is 2.00. The summed E-state index contributed by atoms with van der Waals surface area (Å²) in [5.41, 5.74) is 6.96. The third-order valence-corrected chi connectivity index (χ3v) is 3.17. The molecule has 0 radical (unpaired) electrons. The van der Waals surface area contributed by atoms with Gasteiger partial charge in [-0.25, -0.2) is 0 Å². The topological polar surface area (TPSA) is 64.3 Å². The first-order chi connectivity index (χ1) is 9.49. The van der Waals surface area contributed by atoms with Gasteiger partial charge in [-0.2, -0.15) is 0 Å². The molecule has 0 aliphatic carbocycles. The maximum absolute atomic E-state index is 12.2.